The average molecular weight is 343 g/mol. The first-order valence-corrected chi connectivity index (χ1v) is 8.77. The van der Waals surface area contributed by atoms with Gasteiger partial charge >= 0.3 is 0 Å². The van der Waals surface area contributed by atoms with E-state index in [4.69, 9.17) is 5.73 Å². The number of pyridine rings is 1. The van der Waals surface area contributed by atoms with Crippen molar-refractivity contribution in [3.05, 3.63) is 66.8 Å². The van der Waals surface area contributed by atoms with Crippen molar-refractivity contribution < 1.29 is 0 Å². The van der Waals surface area contributed by atoms with Crippen LogP contribution in [0.5, 0.6) is 0 Å². The molecule has 0 saturated heterocycles. The number of benzene rings is 1. The van der Waals surface area contributed by atoms with Crippen molar-refractivity contribution in [2.75, 3.05) is 5.73 Å². The van der Waals surface area contributed by atoms with E-state index in [0.29, 0.717) is 5.82 Å². The lowest BCUT2D eigenvalue weighted by molar-refractivity contribution is 0.760. The van der Waals surface area contributed by atoms with Crippen molar-refractivity contribution in [2.45, 2.75) is 26.2 Å². The number of para-hydroxylation sites is 1. The van der Waals surface area contributed by atoms with Crippen molar-refractivity contribution in [3.63, 3.8) is 0 Å². The fourth-order valence-electron chi connectivity index (χ4n) is 3.55. The van der Waals surface area contributed by atoms with Gasteiger partial charge in [0.1, 0.15) is 11.8 Å². The second-order valence-corrected chi connectivity index (χ2v) is 6.45. The van der Waals surface area contributed by atoms with Gasteiger partial charge in [-0.05, 0) is 43.9 Å². The molecule has 2 N–H and O–H groups in total. The highest BCUT2D eigenvalue weighted by atomic mass is 15.3. The van der Waals surface area contributed by atoms with Gasteiger partial charge in [0, 0.05) is 28.4 Å². The van der Waals surface area contributed by atoms with Gasteiger partial charge in [0.2, 0.25) is 0 Å². The van der Waals surface area contributed by atoms with E-state index in [-0.39, 0.29) is 0 Å². The Kier molecular flexibility index (Phi) is 4.13. The van der Waals surface area contributed by atoms with E-state index in [0.717, 1.165) is 46.8 Å². The first kappa shape index (κ1) is 16.3. The molecule has 0 atom stereocenters. The summed E-state index contributed by atoms with van der Waals surface area (Å²) in [6.45, 7) is 5.94. The molecule has 5 nitrogen and oxygen atoms in total. The molecule has 0 amide bonds. The molecule has 4 rings (SSSR count). The number of anilines is 1. The summed E-state index contributed by atoms with van der Waals surface area (Å²) < 4.78 is 1.94. The fourth-order valence-corrected chi connectivity index (χ4v) is 3.55. The summed E-state index contributed by atoms with van der Waals surface area (Å²) in [5.41, 5.74) is 12.5. The van der Waals surface area contributed by atoms with Gasteiger partial charge in [0.05, 0.1) is 5.52 Å². The second-order valence-electron chi connectivity index (χ2n) is 6.45. The summed E-state index contributed by atoms with van der Waals surface area (Å²) in [4.78, 5) is 8.83. The Morgan fingerprint density at radius 3 is 2.92 bits per heavy atom. The van der Waals surface area contributed by atoms with E-state index in [1.807, 2.05) is 35.0 Å². The number of allylic oxidation sites excluding steroid dienone is 1. The largest absolute Gasteiger partial charge is 0.382 e. The molecule has 3 aromatic heterocycles. The SMILES string of the molecule is C=CCCCc1c(C)c(-c2cnc3ccccc3c2)c2c(N)ncnn12. The summed E-state index contributed by atoms with van der Waals surface area (Å²) in [7, 11) is 0. The van der Waals surface area contributed by atoms with Crippen molar-refractivity contribution in [2.24, 2.45) is 0 Å². The zero-order chi connectivity index (χ0) is 18.1. The molecule has 130 valence electrons. The molecular weight excluding hydrogens is 322 g/mol. The molecule has 26 heavy (non-hydrogen) atoms. The molecule has 1 aromatic carbocycles. The standard InChI is InChI=1S/C21H21N5/c1-3-4-5-10-18-14(2)19(20-21(22)24-13-25-26(18)20)16-11-15-8-6-7-9-17(15)23-12-16/h3,6-9,11-13H,1,4-5,10H2,2H3,(H2,22,24,25). The Morgan fingerprint density at radius 2 is 2.08 bits per heavy atom. The van der Waals surface area contributed by atoms with Gasteiger partial charge in [-0.2, -0.15) is 5.10 Å². The lowest BCUT2D eigenvalue weighted by atomic mass is 10.0. The van der Waals surface area contributed by atoms with Gasteiger partial charge in [-0.3, -0.25) is 4.98 Å². The number of hydrogen-bond acceptors (Lipinski definition) is 4. The Balaban J connectivity index is 1.95. The van der Waals surface area contributed by atoms with Crippen LogP contribution < -0.4 is 5.73 Å². The van der Waals surface area contributed by atoms with Crippen LogP contribution >= 0.6 is 0 Å². The van der Waals surface area contributed by atoms with Crippen LogP contribution in [0.4, 0.5) is 5.82 Å². The third kappa shape index (κ3) is 2.62. The van der Waals surface area contributed by atoms with Crippen molar-refractivity contribution in [1.82, 2.24) is 19.6 Å². The van der Waals surface area contributed by atoms with E-state index >= 15 is 0 Å². The maximum absolute atomic E-state index is 6.24. The van der Waals surface area contributed by atoms with E-state index in [1.165, 1.54) is 17.6 Å². The molecule has 0 aliphatic heterocycles. The third-order valence-electron chi connectivity index (χ3n) is 4.82. The number of unbranched alkanes of at least 4 members (excludes halogenated alkanes) is 1. The van der Waals surface area contributed by atoms with Crippen molar-refractivity contribution in [1.29, 1.82) is 0 Å². The number of nitrogen functional groups attached to an aromatic ring is 1. The maximum Gasteiger partial charge on any atom is 0.151 e. The van der Waals surface area contributed by atoms with Crippen LogP contribution in [-0.2, 0) is 6.42 Å². The Morgan fingerprint density at radius 1 is 1.23 bits per heavy atom. The number of aromatic nitrogens is 4. The highest BCUT2D eigenvalue weighted by Gasteiger charge is 2.20. The van der Waals surface area contributed by atoms with Crippen molar-refractivity contribution >= 4 is 22.2 Å². The normalized spacial score (nSPS) is 11.3. The predicted molar refractivity (Wildman–Crippen MR) is 106 cm³/mol. The molecule has 0 aliphatic carbocycles. The molecule has 0 aliphatic rings. The van der Waals surface area contributed by atoms with E-state index in [2.05, 4.69) is 40.7 Å². The van der Waals surface area contributed by atoms with Crippen LogP contribution in [0.15, 0.2) is 55.5 Å². The zero-order valence-electron chi connectivity index (χ0n) is 14.8. The van der Waals surface area contributed by atoms with Gasteiger partial charge in [-0.1, -0.05) is 24.3 Å². The Hall–Kier alpha value is -3.21. The molecule has 0 unspecified atom stereocenters. The third-order valence-corrected chi connectivity index (χ3v) is 4.82. The molecule has 3 heterocycles. The first-order chi connectivity index (χ1) is 12.7. The Bertz CT molecular complexity index is 1110. The average Bonchev–Trinajstić information content (AvgIpc) is 2.95. The lowest BCUT2D eigenvalue weighted by Crippen LogP contribution is -2.02. The van der Waals surface area contributed by atoms with Crippen molar-refractivity contribution in [3.8, 4) is 11.1 Å². The summed E-state index contributed by atoms with van der Waals surface area (Å²) in [6.07, 6.45) is 8.28. The summed E-state index contributed by atoms with van der Waals surface area (Å²) >= 11 is 0. The summed E-state index contributed by atoms with van der Waals surface area (Å²) in [5, 5.41) is 5.57. The fraction of sp³-hybridized carbons (Fsp3) is 0.190. The van der Waals surface area contributed by atoms with Gasteiger partial charge in [0.25, 0.3) is 0 Å². The smallest absolute Gasteiger partial charge is 0.151 e. The van der Waals surface area contributed by atoms with Crippen LogP contribution in [0.3, 0.4) is 0 Å². The molecule has 0 saturated carbocycles. The molecular formula is C21H21N5. The molecule has 0 bridgehead atoms. The van der Waals surface area contributed by atoms with Crippen LogP contribution in [0, 0.1) is 6.92 Å². The minimum Gasteiger partial charge on any atom is -0.382 e. The van der Waals surface area contributed by atoms with E-state index in [9.17, 15) is 0 Å². The van der Waals surface area contributed by atoms with Gasteiger partial charge in [0.15, 0.2) is 5.82 Å². The number of aryl methyl sites for hydroxylation is 1. The number of nitrogens with two attached hydrogens (primary N) is 1. The molecule has 4 aromatic rings. The monoisotopic (exact) mass is 343 g/mol. The highest BCUT2D eigenvalue weighted by molar-refractivity contribution is 5.93. The van der Waals surface area contributed by atoms with E-state index < -0.39 is 0 Å². The molecule has 0 fully saturated rings. The predicted octanol–water partition coefficient (Wildman–Crippen LogP) is 4.34. The summed E-state index contributed by atoms with van der Waals surface area (Å²) in [6, 6.07) is 10.3. The molecule has 5 heteroatoms. The first-order valence-electron chi connectivity index (χ1n) is 8.77. The minimum atomic E-state index is 0.487. The molecule has 0 spiro atoms. The van der Waals surface area contributed by atoms with Crippen LogP contribution in [0.1, 0.15) is 24.1 Å². The highest BCUT2D eigenvalue weighted by Crippen LogP contribution is 2.35. The number of nitrogens with zero attached hydrogens (tertiary/aromatic N) is 4. The molecule has 0 radical (unpaired) electrons. The number of hydrogen-bond donors (Lipinski definition) is 1. The number of rotatable bonds is 5. The topological polar surface area (TPSA) is 69.1 Å². The summed E-state index contributed by atoms with van der Waals surface area (Å²) in [5.74, 6) is 0.487. The van der Waals surface area contributed by atoms with Crippen LogP contribution in [0.25, 0.3) is 27.5 Å². The van der Waals surface area contributed by atoms with Crippen LogP contribution in [0.2, 0.25) is 0 Å². The Labute approximate surface area is 152 Å². The van der Waals surface area contributed by atoms with Gasteiger partial charge < -0.3 is 5.73 Å². The van der Waals surface area contributed by atoms with E-state index in [1.54, 1.807) is 0 Å². The lowest BCUT2D eigenvalue weighted by Gasteiger charge is -2.05. The van der Waals surface area contributed by atoms with Crippen LogP contribution in [-0.4, -0.2) is 19.6 Å². The minimum absolute atomic E-state index is 0.487. The maximum atomic E-state index is 6.24. The van der Waals surface area contributed by atoms with Gasteiger partial charge in [-0.15, -0.1) is 6.58 Å². The second kappa shape index (κ2) is 6.59. The number of fused-ring (bicyclic) bond motifs is 2. The zero-order valence-corrected chi connectivity index (χ0v) is 14.8. The van der Waals surface area contributed by atoms with Gasteiger partial charge in [-0.25, -0.2) is 9.50 Å². The quantitative estimate of drug-likeness (QED) is 0.432.